The molecule has 1 unspecified atom stereocenters. The van der Waals surface area contributed by atoms with E-state index in [1.165, 1.54) is 0 Å². The molecule has 1 atom stereocenters. The molecular weight excluding hydrogens is 184 g/mol. The van der Waals surface area contributed by atoms with Crippen LogP contribution in [0.25, 0.3) is 0 Å². The Balaban J connectivity index is 2.05. The van der Waals surface area contributed by atoms with Crippen LogP contribution >= 0.6 is 0 Å². The first-order chi connectivity index (χ1) is 6.75. The fourth-order valence-electron chi connectivity index (χ4n) is 1.57. The summed E-state index contributed by atoms with van der Waals surface area (Å²) < 4.78 is 7.02. The summed E-state index contributed by atoms with van der Waals surface area (Å²) in [4.78, 5) is 10.4. The molecule has 2 heterocycles. The first-order valence-corrected chi connectivity index (χ1v) is 4.58. The van der Waals surface area contributed by atoms with Crippen LogP contribution < -0.4 is 0 Å². The van der Waals surface area contributed by atoms with Crippen LogP contribution in [-0.4, -0.2) is 34.1 Å². The minimum absolute atomic E-state index is 0.0353. The Hall–Kier alpha value is -1.36. The van der Waals surface area contributed by atoms with Crippen LogP contribution in [0.15, 0.2) is 12.4 Å². The van der Waals surface area contributed by atoms with E-state index in [2.05, 4.69) is 5.10 Å². The van der Waals surface area contributed by atoms with E-state index in [0.717, 1.165) is 18.6 Å². The van der Waals surface area contributed by atoms with Gasteiger partial charge in [0.25, 0.3) is 0 Å². The van der Waals surface area contributed by atoms with Crippen molar-refractivity contribution in [2.24, 2.45) is 0 Å². The Bertz CT molecular complexity index is 329. The van der Waals surface area contributed by atoms with Gasteiger partial charge in [-0.05, 0) is 6.42 Å². The van der Waals surface area contributed by atoms with E-state index in [1.54, 1.807) is 17.1 Å². The van der Waals surface area contributed by atoms with Crippen LogP contribution in [0.5, 0.6) is 0 Å². The molecular formula is C9H12N2O3. The second-order valence-electron chi connectivity index (χ2n) is 3.42. The van der Waals surface area contributed by atoms with Crippen LogP contribution in [0.4, 0.5) is 0 Å². The highest BCUT2D eigenvalue weighted by Crippen LogP contribution is 2.18. The monoisotopic (exact) mass is 196 g/mol. The van der Waals surface area contributed by atoms with Gasteiger partial charge in [0, 0.05) is 18.4 Å². The van der Waals surface area contributed by atoms with E-state index >= 15 is 0 Å². The Kier molecular flexibility index (Phi) is 2.49. The van der Waals surface area contributed by atoms with Gasteiger partial charge in [0.2, 0.25) is 0 Å². The van der Waals surface area contributed by atoms with Gasteiger partial charge in [0.1, 0.15) is 0 Å². The summed E-state index contributed by atoms with van der Waals surface area (Å²) in [6, 6.07) is 0.276. The van der Waals surface area contributed by atoms with Gasteiger partial charge in [-0.25, -0.2) is 0 Å². The molecule has 1 aromatic rings. The molecule has 1 aliphatic rings. The predicted octanol–water partition coefficient (Wildman–Crippen LogP) is 0.472. The summed E-state index contributed by atoms with van der Waals surface area (Å²) in [7, 11) is 0. The van der Waals surface area contributed by atoms with Crippen molar-refractivity contribution in [3.05, 3.63) is 18.0 Å². The lowest BCUT2D eigenvalue weighted by atomic mass is 10.2. The number of rotatable bonds is 3. The number of aliphatic carboxylic acids is 1. The predicted molar refractivity (Wildman–Crippen MR) is 48.0 cm³/mol. The number of nitrogens with zero attached hydrogens (tertiary/aromatic N) is 2. The number of ether oxygens (including phenoxy) is 1. The maximum absolute atomic E-state index is 10.4. The van der Waals surface area contributed by atoms with Crippen molar-refractivity contribution < 1.29 is 14.6 Å². The third-order valence-electron chi connectivity index (χ3n) is 2.29. The fourth-order valence-corrected chi connectivity index (χ4v) is 1.57. The van der Waals surface area contributed by atoms with Crippen molar-refractivity contribution in [1.82, 2.24) is 9.78 Å². The molecule has 1 N–H and O–H groups in total. The molecule has 1 aliphatic heterocycles. The lowest BCUT2D eigenvalue weighted by Gasteiger charge is -2.06. The van der Waals surface area contributed by atoms with Crippen molar-refractivity contribution in [3.63, 3.8) is 0 Å². The highest BCUT2D eigenvalue weighted by molar-refractivity contribution is 5.69. The summed E-state index contributed by atoms with van der Waals surface area (Å²) in [6.07, 6.45) is 4.38. The van der Waals surface area contributed by atoms with Crippen LogP contribution in [0.3, 0.4) is 0 Å². The zero-order valence-corrected chi connectivity index (χ0v) is 7.72. The SMILES string of the molecule is O=C(O)Cc1cnn(C2CCOC2)c1. The van der Waals surface area contributed by atoms with Gasteiger partial charge < -0.3 is 9.84 Å². The maximum Gasteiger partial charge on any atom is 0.307 e. The minimum atomic E-state index is -0.827. The van der Waals surface area contributed by atoms with Gasteiger partial charge >= 0.3 is 5.97 Å². The molecule has 2 rings (SSSR count). The van der Waals surface area contributed by atoms with Crippen molar-refractivity contribution >= 4 is 5.97 Å². The third kappa shape index (κ3) is 1.93. The second kappa shape index (κ2) is 3.79. The highest BCUT2D eigenvalue weighted by atomic mass is 16.5. The number of aromatic nitrogens is 2. The molecule has 5 heteroatoms. The van der Waals surface area contributed by atoms with E-state index in [0.29, 0.717) is 6.61 Å². The highest BCUT2D eigenvalue weighted by Gasteiger charge is 2.18. The van der Waals surface area contributed by atoms with Gasteiger partial charge in [-0.1, -0.05) is 0 Å². The molecule has 1 aromatic heterocycles. The molecule has 0 spiro atoms. The molecule has 0 amide bonds. The van der Waals surface area contributed by atoms with Crippen molar-refractivity contribution in [3.8, 4) is 0 Å². The largest absolute Gasteiger partial charge is 0.481 e. The standard InChI is InChI=1S/C9H12N2O3/c12-9(13)3-7-4-10-11(5-7)8-1-2-14-6-8/h4-5,8H,1-3,6H2,(H,12,13). The number of carbonyl (C=O) groups is 1. The first-order valence-electron chi connectivity index (χ1n) is 4.58. The van der Waals surface area contributed by atoms with E-state index in [9.17, 15) is 4.79 Å². The fraction of sp³-hybridized carbons (Fsp3) is 0.556. The Labute approximate surface area is 81.3 Å². The summed E-state index contributed by atoms with van der Waals surface area (Å²) in [5.41, 5.74) is 0.740. The van der Waals surface area contributed by atoms with Gasteiger partial charge in [-0.3, -0.25) is 9.48 Å². The average molecular weight is 196 g/mol. The Morgan fingerprint density at radius 1 is 1.79 bits per heavy atom. The van der Waals surface area contributed by atoms with Crippen LogP contribution in [0, 0.1) is 0 Å². The van der Waals surface area contributed by atoms with Crippen molar-refractivity contribution in [2.75, 3.05) is 13.2 Å². The van der Waals surface area contributed by atoms with E-state index < -0.39 is 5.97 Å². The molecule has 0 bridgehead atoms. The van der Waals surface area contributed by atoms with E-state index in [4.69, 9.17) is 9.84 Å². The molecule has 5 nitrogen and oxygen atoms in total. The zero-order chi connectivity index (χ0) is 9.97. The maximum atomic E-state index is 10.4. The van der Waals surface area contributed by atoms with Gasteiger partial charge in [0.15, 0.2) is 0 Å². The summed E-state index contributed by atoms with van der Waals surface area (Å²) in [5, 5.41) is 12.7. The van der Waals surface area contributed by atoms with Gasteiger partial charge in [-0.15, -0.1) is 0 Å². The Morgan fingerprint density at radius 3 is 3.29 bits per heavy atom. The molecule has 14 heavy (non-hydrogen) atoms. The van der Waals surface area contributed by atoms with E-state index in [-0.39, 0.29) is 12.5 Å². The molecule has 0 aliphatic carbocycles. The van der Waals surface area contributed by atoms with Crippen molar-refractivity contribution in [2.45, 2.75) is 18.9 Å². The number of hydrogen-bond acceptors (Lipinski definition) is 3. The lowest BCUT2D eigenvalue weighted by molar-refractivity contribution is -0.136. The summed E-state index contributed by atoms with van der Waals surface area (Å²) in [5.74, 6) is -0.827. The van der Waals surface area contributed by atoms with Crippen LogP contribution in [0.1, 0.15) is 18.0 Å². The summed E-state index contributed by atoms with van der Waals surface area (Å²) >= 11 is 0. The summed E-state index contributed by atoms with van der Waals surface area (Å²) in [6.45, 7) is 1.44. The third-order valence-corrected chi connectivity index (χ3v) is 2.29. The van der Waals surface area contributed by atoms with Gasteiger partial charge in [-0.2, -0.15) is 5.10 Å². The molecule has 0 saturated carbocycles. The molecule has 0 radical (unpaired) electrons. The molecule has 1 fully saturated rings. The Morgan fingerprint density at radius 2 is 2.64 bits per heavy atom. The van der Waals surface area contributed by atoms with E-state index in [1.807, 2.05) is 0 Å². The number of hydrogen-bond donors (Lipinski definition) is 1. The zero-order valence-electron chi connectivity index (χ0n) is 7.72. The normalized spacial score (nSPS) is 21.3. The van der Waals surface area contributed by atoms with Crippen LogP contribution in [-0.2, 0) is 16.0 Å². The number of carboxylic acids is 1. The smallest absolute Gasteiger partial charge is 0.307 e. The minimum Gasteiger partial charge on any atom is -0.481 e. The molecule has 0 aromatic carbocycles. The average Bonchev–Trinajstić information content (AvgIpc) is 2.69. The molecule has 76 valence electrons. The topological polar surface area (TPSA) is 64.3 Å². The van der Waals surface area contributed by atoms with Crippen LogP contribution in [0.2, 0.25) is 0 Å². The second-order valence-corrected chi connectivity index (χ2v) is 3.42. The quantitative estimate of drug-likeness (QED) is 0.763. The van der Waals surface area contributed by atoms with Crippen molar-refractivity contribution in [1.29, 1.82) is 0 Å². The first kappa shape index (κ1) is 9.21. The van der Waals surface area contributed by atoms with Gasteiger partial charge in [0.05, 0.1) is 25.3 Å². The lowest BCUT2D eigenvalue weighted by Crippen LogP contribution is -2.08. The number of carboxylic acid groups (broad SMARTS) is 1. The molecule has 1 saturated heterocycles.